The molecule has 3 heterocycles. The van der Waals surface area contributed by atoms with E-state index < -0.39 is 0 Å². The molecule has 1 amide bonds. The van der Waals surface area contributed by atoms with Gasteiger partial charge in [-0.1, -0.05) is 13.0 Å². The molecule has 0 aromatic rings. The number of allylic oxidation sites excluding steroid dienone is 1. The number of hydrogen-bond acceptors (Lipinski definition) is 3. The zero-order valence-electron chi connectivity index (χ0n) is 10.2. The second-order valence-electron chi connectivity index (χ2n) is 5.62. The second-order valence-corrected chi connectivity index (χ2v) is 5.62. The lowest BCUT2D eigenvalue weighted by Gasteiger charge is -2.55. The highest BCUT2D eigenvalue weighted by Gasteiger charge is 2.56. The monoisotopic (exact) mass is 233 g/mol. The number of carbonyl (C=O) groups is 1. The number of piperidine rings is 2. The van der Waals surface area contributed by atoms with E-state index in [2.05, 4.69) is 28.6 Å². The van der Waals surface area contributed by atoms with E-state index in [1.54, 1.807) is 6.21 Å². The molecule has 3 aliphatic heterocycles. The molecule has 2 fully saturated rings. The van der Waals surface area contributed by atoms with Crippen molar-refractivity contribution in [2.45, 2.75) is 32.4 Å². The van der Waals surface area contributed by atoms with Gasteiger partial charge in [0.25, 0.3) is 0 Å². The molecule has 0 aliphatic carbocycles. The molecule has 0 aromatic heterocycles. The van der Waals surface area contributed by atoms with Crippen molar-refractivity contribution in [2.75, 3.05) is 13.1 Å². The standard InChI is InChI=1S/C13H19N3O/c1-12-3-2-6-15-11(12)16-10(17)9-13(12)4-7-14-8-5-13/h2-3,6,11,14H,4-5,7-9H2,1H3,(H,16,17). The number of dihydropyridines is 1. The van der Waals surface area contributed by atoms with Gasteiger partial charge in [-0.15, -0.1) is 0 Å². The predicted octanol–water partition coefficient (Wildman–Crippen LogP) is 0.849. The van der Waals surface area contributed by atoms with E-state index in [0.717, 1.165) is 25.9 Å². The van der Waals surface area contributed by atoms with Crippen LogP contribution in [0.25, 0.3) is 0 Å². The fourth-order valence-electron chi connectivity index (χ4n) is 3.60. The maximum Gasteiger partial charge on any atom is 0.222 e. The molecule has 4 heteroatoms. The first-order valence-corrected chi connectivity index (χ1v) is 6.37. The van der Waals surface area contributed by atoms with Gasteiger partial charge < -0.3 is 10.6 Å². The zero-order chi connectivity index (χ0) is 11.9. The molecule has 2 atom stereocenters. The lowest BCUT2D eigenvalue weighted by atomic mass is 9.54. The molecule has 0 aromatic carbocycles. The Balaban J connectivity index is 2.02. The Morgan fingerprint density at radius 1 is 1.41 bits per heavy atom. The predicted molar refractivity (Wildman–Crippen MR) is 66.8 cm³/mol. The first-order valence-electron chi connectivity index (χ1n) is 6.37. The third-order valence-corrected chi connectivity index (χ3v) is 4.83. The van der Waals surface area contributed by atoms with Crippen molar-refractivity contribution in [3.63, 3.8) is 0 Å². The Morgan fingerprint density at radius 2 is 2.18 bits per heavy atom. The number of rotatable bonds is 0. The molecule has 2 unspecified atom stereocenters. The van der Waals surface area contributed by atoms with E-state index in [4.69, 9.17) is 0 Å². The number of fused-ring (bicyclic) bond motifs is 2. The Morgan fingerprint density at radius 3 is 2.94 bits per heavy atom. The van der Waals surface area contributed by atoms with Crippen LogP contribution in [0.3, 0.4) is 0 Å². The van der Waals surface area contributed by atoms with Crippen molar-refractivity contribution in [3.8, 4) is 0 Å². The molecule has 1 spiro atoms. The molecular formula is C13H19N3O. The van der Waals surface area contributed by atoms with E-state index in [-0.39, 0.29) is 22.9 Å². The van der Waals surface area contributed by atoms with Crippen molar-refractivity contribution in [3.05, 3.63) is 12.2 Å². The summed E-state index contributed by atoms with van der Waals surface area (Å²) in [7, 11) is 0. The third-order valence-electron chi connectivity index (χ3n) is 4.83. The third kappa shape index (κ3) is 1.47. The van der Waals surface area contributed by atoms with Gasteiger partial charge in [-0.2, -0.15) is 0 Å². The molecule has 2 saturated heterocycles. The molecule has 4 nitrogen and oxygen atoms in total. The van der Waals surface area contributed by atoms with Crippen LogP contribution in [0.15, 0.2) is 17.1 Å². The zero-order valence-corrected chi connectivity index (χ0v) is 10.2. The fourth-order valence-corrected chi connectivity index (χ4v) is 3.60. The van der Waals surface area contributed by atoms with Gasteiger partial charge >= 0.3 is 0 Å². The van der Waals surface area contributed by atoms with Gasteiger partial charge in [0.1, 0.15) is 6.17 Å². The van der Waals surface area contributed by atoms with Gasteiger partial charge in [0, 0.05) is 18.1 Å². The van der Waals surface area contributed by atoms with Gasteiger partial charge in [-0.05, 0) is 37.4 Å². The van der Waals surface area contributed by atoms with Crippen LogP contribution in [0.5, 0.6) is 0 Å². The Labute approximate surface area is 102 Å². The molecule has 0 saturated carbocycles. The van der Waals surface area contributed by atoms with Crippen molar-refractivity contribution in [1.29, 1.82) is 0 Å². The van der Waals surface area contributed by atoms with Crippen LogP contribution in [0.4, 0.5) is 0 Å². The summed E-state index contributed by atoms with van der Waals surface area (Å²) in [5.74, 6) is 0.154. The molecule has 0 bridgehead atoms. The number of nitrogens with zero attached hydrogens (tertiary/aromatic N) is 1. The highest BCUT2D eigenvalue weighted by Crippen LogP contribution is 2.54. The summed E-state index contributed by atoms with van der Waals surface area (Å²) in [5, 5.41) is 6.41. The maximum absolute atomic E-state index is 11.9. The molecule has 17 heavy (non-hydrogen) atoms. The van der Waals surface area contributed by atoms with Crippen LogP contribution in [0, 0.1) is 10.8 Å². The normalized spacial score (nSPS) is 38.9. The van der Waals surface area contributed by atoms with Crippen molar-refractivity contribution in [2.24, 2.45) is 15.8 Å². The minimum atomic E-state index is -0.0770. The summed E-state index contributed by atoms with van der Waals surface area (Å²) in [4.78, 5) is 16.4. The Bertz CT molecular complexity index is 395. The molecule has 92 valence electrons. The molecule has 3 aliphatic rings. The Kier molecular flexibility index (Phi) is 2.36. The van der Waals surface area contributed by atoms with Crippen LogP contribution in [-0.4, -0.2) is 31.4 Å². The molecule has 3 rings (SSSR count). The minimum absolute atomic E-state index is 0.0300. The van der Waals surface area contributed by atoms with E-state index in [1.165, 1.54) is 0 Å². The van der Waals surface area contributed by atoms with Crippen LogP contribution < -0.4 is 10.6 Å². The average molecular weight is 233 g/mol. The lowest BCUT2D eigenvalue weighted by Crippen LogP contribution is -2.62. The summed E-state index contributed by atoms with van der Waals surface area (Å²) in [6, 6.07) is 0. The summed E-state index contributed by atoms with van der Waals surface area (Å²) in [6.45, 7) is 4.26. The van der Waals surface area contributed by atoms with Crippen LogP contribution in [0.2, 0.25) is 0 Å². The molecular weight excluding hydrogens is 214 g/mol. The average Bonchev–Trinajstić information content (AvgIpc) is 2.32. The van der Waals surface area contributed by atoms with Gasteiger partial charge in [-0.3, -0.25) is 9.79 Å². The summed E-state index contributed by atoms with van der Waals surface area (Å²) < 4.78 is 0. The SMILES string of the molecule is CC12C=CC=NC1NC(=O)CC21CCNCC1. The van der Waals surface area contributed by atoms with Gasteiger partial charge in [0.05, 0.1) is 0 Å². The first kappa shape index (κ1) is 11.0. The number of hydrogen-bond donors (Lipinski definition) is 2. The van der Waals surface area contributed by atoms with E-state index in [0.29, 0.717) is 6.42 Å². The van der Waals surface area contributed by atoms with E-state index >= 15 is 0 Å². The smallest absolute Gasteiger partial charge is 0.222 e. The summed E-state index contributed by atoms with van der Waals surface area (Å²) in [5.41, 5.74) is 0.0528. The number of amides is 1. The fraction of sp³-hybridized carbons (Fsp3) is 0.692. The van der Waals surface area contributed by atoms with Gasteiger partial charge in [0.2, 0.25) is 5.91 Å². The minimum Gasteiger partial charge on any atom is -0.334 e. The summed E-state index contributed by atoms with van der Waals surface area (Å²) >= 11 is 0. The quantitative estimate of drug-likeness (QED) is 0.651. The second kappa shape index (κ2) is 3.67. The van der Waals surface area contributed by atoms with Gasteiger partial charge in [0.15, 0.2) is 0 Å². The van der Waals surface area contributed by atoms with Crippen LogP contribution >= 0.6 is 0 Å². The Hall–Kier alpha value is -1.16. The number of nitrogens with one attached hydrogen (secondary N) is 2. The van der Waals surface area contributed by atoms with Crippen molar-refractivity contribution in [1.82, 2.24) is 10.6 Å². The topological polar surface area (TPSA) is 53.5 Å². The van der Waals surface area contributed by atoms with E-state index in [1.807, 2.05) is 6.08 Å². The van der Waals surface area contributed by atoms with Crippen molar-refractivity contribution >= 4 is 12.1 Å². The highest BCUT2D eigenvalue weighted by molar-refractivity contribution is 5.81. The first-order chi connectivity index (χ1) is 8.16. The maximum atomic E-state index is 11.9. The highest BCUT2D eigenvalue weighted by atomic mass is 16.1. The van der Waals surface area contributed by atoms with Crippen LogP contribution in [0.1, 0.15) is 26.2 Å². The number of aliphatic imine (C=N–C) groups is 1. The summed E-state index contributed by atoms with van der Waals surface area (Å²) in [6.07, 6.45) is 8.76. The number of carbonyl (C=O) groups excluding carboxylic acids is 1. The lowest BCUT2D eigenvalue weighted by molar-refractivity contribution is -0.135. The molecule has 2 N–H and O–H groups in total. The van der Waals surface area contributed by atoms with Gasteiger partial charge in [-0.25, -0.2) is 0 Å². The largest absolute Gasteiger partial charge is 0.334 e. The molecule has 0 radical (unpaired) electrons. The van der Waals surface area contributed by atoms with E-state index in [9.17, 15) is 4.79 Å². The van der Waals surface area contributed by atoms with Crippen LogP contribution in [-0.2, 0) is 4.79 Å². The van der Waals surface area contributed by atoms with Crippen molar-refractivity contribution < 1.29 is 4.79 Å².